The number of likely N-dealkylation sites (tertiary alicyclic amines) is 1. The van der Waals surface area contributed by atoms with Crippen molar-refractivity contribution in [2.24, 2.45) is 11.7 Å². The number of nitrogens with zero attached hydrogens (tertiary/aromatic N) is 3. The van der Waals surface area contributed by atoms with Crippen molar-refractivity contribution in [3.63, 3.8) is 0 Å². The van der Waals surface area contributed by atoms with E-state index in [1.807, 2.05) is 24.1 Å². The minimum Gasteiger partial charge on any atom is -0.336 e. The zero-order chi connectivity index (χ0) is 13.1. The number of carbonyl (C=O) groups excluding carboxylic acids is 1. The third-order valence-electron chi connectivity index (χ3n) is 3.92. The van der Waals surface area contributed by atoms with E-state index in [0.29, 0.717) is 12.5 Å². The molecule has 3 atom stereocenters. The van der Waals surface area contributed by atoms with Crippen LogP contribution in [-0.4, -0.2) is 39.7 Å². The van der Waals surface area contributed by atoms with Crippen molar-refractivity contribution in [3.05, 3.63) is 18.5 Å². The first-order valence-corrected chi connectivity index (χ1v) is 6.64. The Kier molecular flexibility index (Phi) is 8.16. The van der Waals surface area contributed by atoms with Crippen LogP contribution in [0.15, 0.2) is 18.5 Å². The van der Waals surface area contributed by atoms with Gasteiger partial charge in [0, 0.05) is 31.5 Å². The van der Waals surface area contributed by atoms with Crippen LogP contribution in [0.5, 0.6) is 0 Å². The van der Waals surface area contributed by atoms with Gasteiger partial charge in [0.15, 0.2) is 0 Å². The van der Waals surface area contributed by atoms with Crippen molar-refractivity contribution in [1.29, 1.82) is 0 Å². The number of nitrogens with two attached hydrogens (primary N) is 1. The Morgan fingerprint density at radius 1 is 1.50 bits per heavy atom. The number of amides is 1. The lowest BCUT2D eigenvalue weighted by Crippen LogP contribution is -2.53. The van der Waals surface area contributed by atoms with E-state index in [4.69, 9.17) is 5.73 Å². The van der Waals surface area contributed by atoms with Gasteiger partial charge in [-0.3, -0.25) is 9.48 Å². The number of piperidine rings is 1. The number of hydrogen-bond acceptors (Lipinski definition) is 3. The van der Waals surface area contributed by atoms with E-state index in [1.165, 1.54) is 0 Å². The Hall–Kier alpha value is -0.780. The van der Waals surface area contributed by atoms with E-state index in [0.717, 1.165) is 19.4 Å². The standard InChI is InChI=1S/C13H22N4O.2ClH/c1-10-5-3-7-16(12(10)9-14)13(18)11(2)17-8-4-6-15-17;;/h4,6,8,10-12H,3,5,7,9,14H2,1-2H3;2*1H. The Morgan fingerprint density at radius 3 is 2.75 bits per heavy atom. The van der Waals surface area contributed by atoms with Crippen LogP contribution in [0.25, 0.3) is 0 Å². The van der Waals surface area contributed by atoms with Crippen LogP contribution >= 0.6 is 24.8 Å². The zero-order valence-corrected chi connectivity index (χ0v) is 13.6. The van der Waals surface area contributed by atoms with Gasteiger partial charge in [-0.05, 0) is 31.7 Å². The van der Waals surface area contributed by atoms with Crippen molar-refractivity contribution in [2.45, 2.75) is 38.8 Å². The smallest absolute Gasteiger partial charge is 0.247 e. The first-order valence-electron chi connectivity index (χ1n) is 6.64. The normalized spacial score (nSPS) is 23.4. The molecule has 1 aliphatic rings. The number of halogens is 2. The van der Waals surface area contributed by atoms with Crippen LogP contribution in [0.2, 0.25) is 0 Å². The molecule has 0 bridgehead atoms. The van der Waals surface area contributed by atoms with Gasteiger partial charge in [0.2, 0.25) is 5.91 Å². The van der Waals surface area contributed by atoms with Gasteiger partial charge >= 0.3 is 0 Å². The molecule has 5 nitrogen and oxygen atoms in total. The Bertz CT molecular complexity index is 399. The molecule has 0 aromatic carbocycles. The minimum atomic E-state index is -0.251. The van der Waals surface area contributed by atoms with E-state index < -0.39 is 0 Å². The van der Waals surface area contributed by atoms with Crippen molar-refractivity contribution >= 4 is 30.7 Å². The molecule has 116 valence electrons. The van der Waals surface area contributed by atoms with E-state index in [-0.39, 0.29) is 42.8 Å². The number of rotatable bonds is 3. The molecule has 0 spiro atoms. The fourth-order valence-electron chi connectivity index (χ4n) is 2.75. The minimum absolute atomic E-state index is 0. The second kappa shape index (κ2) is 8.49. The lowest BCUT2D eigenvalue weighted by Gasteiger charge is -2.40. The van der Waals surface area contributed by atoms with Gasteiger partial charge in [-0.15, -0.1) is 24.8 Å². The summed E-state index contributed by atoms with van der Waals surface area (Å²) in [6.07, 6.45) is 5.74. The van der Waals surface area contributed by atoms with E-state index in [1.54, 1.807) is 10.9 Å². The number of carbonyl (C=O) groups is 1. The van der Waals surface area contributed by atoms with E-state index >= 15 is 0 Å². The summed E-state index contributed by atoms with van der Waals surface area (Å²) >= 11 is 0. The van der Waals surface area contributed by atoms with Gasteiger partial charge in [-0.1, -0.05) is 6.92 Å². The summed E-state index contributed by atoms with van der Waals surface area (Å²) in [6, 6.07) is 1.76. The molecular weight excluding hydrogens is 299 g/mol. The maximum atomic E-state index is 12.5. The molecule has 0 radical (unpaired) electrons. The summed E-state index contributed by atoms with van der Waals surface area (Å²) in [5, 5.41) is 4.14. The SMILES string of the molecule is CC1CCCN(C(=O)C(C)n2cccn2)C1CN.Cl.Cl. The molecule has 3 unspecified atom stereocenters. The molecule has 1 fully saturated rings. The van der Waals surface area contributed by atoms with Crippen molar-refractivity contribution in [1.82, 2.24) is 14.7 Å². The molecule has 1 aromatic rings. The highest BCUT2D eigenvalue weighted by atomic mass is 35.5. The summed E-state index contributed by atoms with van der Waals surface area (Å²) in [5.41, 5.74) is 5.82. The molecule has 1 aromatic heterocycles. The van der Waals surface area contributed by atoms with Gasteiger partial charge in [0.1, 0.15) is 6.04 Å². The fraction of sp³-hybridized carbons (Fsp3) is 0.692. The number of aromatic nitrogens is 2. The zero-order valence-electron chi connectivity index (χ0n) is 11.9. The quantitative estimate of drug-likeness (QED) is 0.924. The molecular formula is C13H24Cl2N4O. The lowest BCUT2D eigenvalue weighted by atomic mass is 9.90. The number of hydrogen-bond donors (Lipinski definition) is 1. The molecule has 0 aliphatic carbocycles. The topological polar surface area (TPSA) is 64.2 Å². The fourth-order valence-corrected chi connectivity index (χ4v) is 2.75. The van der Waals surface area contributed by atoms with Gasteiger partial charge in [-0.2, -0.15) is 5.10 Å². The highest BCUT2D eigenvalue weighted by Gasteiger charge is 2.33. The van der Waals surface area contributed by atoms with Crippen LogP contribution < -0.4 is 5.73 Å². The Labute approximate surface area is 132 Å². The van der Waals surface area contributed by atoms with E-state index in [9.17, 15) is 4.79 Å². The maximum Gasteiger partial charge on any atom is 0.247 e. The molecule has 1 amide bonds. The van der Waals surface area contributed by atoms with Crippen LogP contribution in [0.3, 0.4) is 0 Å². The predicted molar refractivity (Wildman–Crippen MR) is 84.4 cm³/mol. The highest BCUT2D eigenvalue weighted by Crippen LogP contribution is 2.24. The van der Waals surface area contributed by atoms with Gasteiger partial charge in [0.25, 0.3) is 0 Å². The molecule has 2 rings (SSSR count). The molecule has 1 saturated heterocycles. The molecule has 0 saturated carbocycles. The summed E-state index contributed by atoms with van der Waals surface area (Å²) in [7, 11) is 0. The van der Waals surface area contributed by atoms with Gasteiger partial charge in [0.05, 0.1) is 0 Å². The first kappa shape index (κ1) is 19.2. The summed E-state index contributed by atoms with van der Waals surface area (Å²) in [5.74, 6) is 0.609. The summed E-state index contributed by atoms with van der Waals surface area (Å²) in [4.78, 5) is 14.5. The monoisotopic (exact) mass is 322 g/mol. The molecule has 20 heavy (non-hydrogen) atoms. The second-order valence-electron chi connectivity index (χ2n) is 5.12. The Morgan fingerprint density at radius 2 is 2.20 bits per heavy atom. The molecule has 2 heterocycles. The van der Waals surface area contributed by atoms with Gasteiger partial charge < -0.3 is 10.6 Å². The molecule has 1 aliphatic heterocycles. The van der Waals surface area contributed by atoms with Gasteiger partial charge in [-0.25, -0.2) is 0 Å². The third kappa shape index (κ3) is 3.87. The van der Waals surface area contributed by atoms with Crippen molar-refractivity contribution in [3.8, 4) is 0 Å². The lowest BCUT2D eigenvalue weighted by molar-refractivity contribution is -0.139. The van der Waals surface area contributed by atoms with Crippen LogP contribution in [0.1, 0.15) is 32.7 Å². The molecule has 2 N–H and O–H groups in total. The summed E-state index contributed by atoms with van der Waals surface area (Å²) < 4.78 is 1.70. The van der Waals surface area contributed by atoms with Crippen molar-refractivity contribution in [2.75, 3.05) is 13.1 Å². The highest BCUT2D eigenvalue weighted by molar-refractivity contribution is 5.85. The average Bonchev–Trinajstić information content (AvgIpc) is 2.90. The van der Waals surface area contributed by atoms with Crippen LogP contribution in [-0.2, 0) is 4.79 Å². The molecule has 7 heteroatoms. The predicted octanol–water partition coefficient (Wildman–Crippen LogP) is 1.87. The summed E-state index contributed by atoms with van der Waals surface area (Å²) in [6.45, 7) is 5.42. The van der Waals surface area contributed by atoms with E-state index in [2.05, 4.69) is 12.0 Å². The average molecular weight is 323 g/mol. The third-order valence-corrected chi connectivity index (χ3v) is 3.92. The first-order chi connectivity index (χ1) is 8.65. The Balaban J connectivity index is 0.00000180. The van der Waals surface area contributed by atoms with Crippen LogP contribution in [0.4, 0.5) is 0 Å². The van der Waals surface area contributed by atoms with Crippen molar-refractivity contribution < 1.29 is 4.79 Å². The largest absolute Gasteiger partial charge is 0.336 e. The van der Waals surface area contributed by atoms with Crippen LogP contribution in [0, 0.1) is 5.92 Å². The maximum absolute atomic E-state index is 12.5. The second-order valence-corrected chi connectivity index (χ2v) is 5.12.